The minimum absolute atomic E-state index is 0.276. The van der Waals surface area contributed by atoms with Crippen molar-refractivity contribution < 1.29 is 8.42 Å². The van der Waals surface area contributed by atoms with Gasteiger partial charge < -0.3 is 5.32 Å². The molecule has 5 heteroatoms. The van der Waals surface area contributed by atoms with Crippen LogP contribution in [0.2, 0.25) is 0 Å². The Balaban J connectivity index is 2.43. The van der Waals surface area contributed by atoms with E-state index in [1.54, 1.807) is 0 Å². The predicted octanol–water partition coefficient (Wildman–Crippen LogP) is 2.63. The van der Waals surface area contributed by atoms with Gasteiger partial charge >= 0.3 is 0 Å². The summed E-state index contributed by atoms with van der Waals surface area (Å²) in [5, 5.41) is 3.45. The maximum Gasteiger partial charge on any atom is 0.211 e. The summed E-state index contributed by atoms with van der Waals surface area (Å²) in [6.45, 7) is 10.1. The van der Waals surface area contributed by atoms with Gasteiger partial charge in [-0.05, 0) is 50.4 Å². The number of nitrogens with one attached hydrogen (secondary N) is 1. The zero-order valence-electron chi connectivity index (χ0n) is 13.8. The molecule has 1 rings (SSSR count). The fourth-order valence-electron chi connectivity index (χ4n) is 2.28. The Bertz CT molecular complexity index is 555. The normalized spacial score (nSPS) is 13.6. The summed E-state index contributed by atoms with van der Waals surface area (Å²) in [7, 11) is -3.07. The molecule has 0 spiro atoms. The summed E-state index contributed by atoms with van der Waals surface area (Å²) < 4.78 is 24.5. The van der Waals surface area contributed by atoms with Gasteiger partial charge in [-0.3, -0.25) is 0 Å². The Morgan fingerprint density at radius 2 is 1.90 bits per heavy atom. The topological polar surface area (TPSA) is 49.4 Å². The van der Waals surface area contributed by atoms with Crippen molar-refractivity contribution in [2.24, 2.45) is 0 Å². The van der Waals surface area contributed by atoms with Crippen molar-refractivity contribution in [3.63, 3.8) is 0 Å². The van der Waals surface area contributed by atoms with Crippen LogP contribution in [0.1, 0.15) is 43.0 Å². The van der Waals surface area contributed by atoms with Crippen LogP contribution >= 0.6 is 0 Å². The summed E-state index contributed by atoms with van der Waals surface area (Å²) in [4.78, 5) is 0. The average molecular weight is 312 g/mol. The van der Waals surface area contributed by atoms with Crippen LogP contribution in [0.25, 0.3) is 0 Å². The monoisotopic (exact) mass is 312 g/mol. The maximum absolute atomic E-state index is 11.5. The molecular formula is C16H28N2O2S. The molecule has 0 saturated heterocycles. The molecular weight excluding hydrogens is 284 g/mol. The Morgan fingerprint density at radius 1 is 1.24 bits per heavy atom. The van der Waals surface area contributed by atoms with Gasteiger partial charge in [-0.2, -0.15) is 0 Å². The summed E-state index contributed by atoms with van der Waals surface area (Å²) in [5.74, 6) is 0. The fraction of sp³-hybridized carbons (Fsp3) is 0.625. The van der Waals surface area contributed by atoms with Crippen molar-refractivity contribution in [1.82, 2.24) is 9.62 Å². The molecule has 120 valence electrons. The number of sulfonamides is 1. The first kappa shape index (κ1) is 18.1. The number of hydrogen-bond acceptors (Lipinski definition) is 3. The quantitative estimate of drug-likeness (QED) is 0.751. The number of benzene rings is 1. The molecule has 0 amide bonds. The van der Waals surface area contributed by atoms with E-state index < -0.39 is 10.0 Å². The number of aryl methyl sites for hydroxylation is 2. The van der Waals surface area contributed by atoms with Crippen LogP contribution in [0, 0.1) is 13.8 Å². The molecule has 0 aliphatic carbocycles. The van der Waals surface area contributed by atoms with Gasteiger partial charge in [-0.25, -0.2) is 12.7 Å². The second-order valence-electron chi connectivity index (χ2n) is 5.63. The van der Waals surface area contributed by atoms with Gasteiger partial charge in [0.25, 0.3) is 0 Å². The zero-order chi connectivity index (χ0) is 16.0. The highest BCUT2D eigenvalue weighted by molar-refractivity contribution is 7.88. The molecule has 0 aliphatic heterocycles. The standard InChI is InChI=1S/C16H28N2O2S/c1-6-18(21(5,19)20)11-7-10-17-15(4)16-9-8-13(2)14(3)12-16/h8-9,12,15,17H,6-7,10-11H2,1-5H3. The molecule has 0 saturated carbocycles. The SMILES string of the molecule is CCN(CCCNC(C)c1ccc(C)c(C)c1)S(C)(=O)=O. The third kappa shape index (κ3) is 5.77. The highest BCUT2D eigenvalue weighted by Crippen LogP contribution is 2.16. The molecule has 1 aromatic rings. The van der Waals surface area contributed by atoms with E-state index in [0.717, 1.165) is 13.0 Å². The van der Waals surface area contributed by atoms with E-state index in [2.05, 4.69) is 44.3 Å². The summed E-state index contributed by atoms with van der Waals surface area (Å²) in [5.41, 5.74) is 3.88. The van der Waals surface area contributed by atoms with Crippen LogP contribution in [0.3, 0.4) is 0 Å². The van der Waals surface area contributed by atoms with E-state index in [9.17, 15) is 8.42 Å². The van der Waals surface area contributed by atoms with Crippen molar-refractivity contribution >= 4 is 10.0 Å². The first-order valence-corrected chi connectivity index (χ1v) is 9.36. The number of nitrogens with zero attached hydrogens (tertiary/aromatic N) is 1. The van der Waals surface area contributed by atoms with E-state index in [-0.39, 0.29) is 6.04 Å². The van der Waals surface area contributed by atoms with Gasteiger partial charge in [0.05, 0.1) is 6.26 Å². The van der Waals surface area contributed by atoms with Crippen LogP contribution in [-0.4, -0.2) is 38.6 Å². The van der Waals surface area contributed by atoms with Crippen molar-refractivity contribution in [2.45, 2.75) is 40.2 Å². The molecule has 0 heterocycles. The zero-order valence-corrected chi connectivity index (χ0v) is 14.6. The Hall–Kier alpha value is -0.910. The van der Waals surface area contributed by atoms with E-state index in [1.807, 2.05) is 6.92 Å². The van der Waals surface area contributed by atoms with Gasteiger partial charge in [-0.1, -0.05) is 25.1 Å². The van der Waals surface area contributed by atoms with Gasteiger partial charge in [0, 0.05) is 19.1 Å². The molecule has 0 radical (unpaired) electrons. The fourth-order valence-corrected chi connectivity index (χ4v) is 3.21. The molecule has 21 heavy (non-hydrogen) atoms. The van der Waals surface area contributed by atoms with Gasteiger partial charge in [-0.15, -0.1) is 0 Å². The Labute approximate surface area is 129 Å². The average Bonchev–Trinajstić information content (AvgIpc) is 2.40. The van der Waals surface area contributed by atoms with E-state index >= 15 is 0 Å². The lowest BCUT2D eigenvalue weighted by Gasteiger charge is -2.19. The smallest absolute Gasteiger partial charge is 0.211 e. The highest BCUT2D eigenvalue weighted by atomic mass is 32.2. The summed E-state index contributed by atoms with van der Waals surface area (Å²) in [6, 6.07) is 6.78. The minimum Gasteiger partial charge on any atom is -0.310 e. The van der Waals surface area contributed by atoms with Crippen molar-refractivity contribution in [3.05, 3.63) is 34.9 Å². The minimum atomic E-state index is -3.07. The van der Waals surface area contributed by atoms with Crippen molar-refractivity contribution in [3.8, 4) is 0 Å². The molecule has 1 unspecified atom stereocenters. The van der Waals surface area contributed by atoms with E-state index in [4.69, 9.17) is 0 Å². The lowest BCUT2D eigenvalue weighted by molar-refractivity contribution is 0.413. The lowest BCUT2D eigenvalue weighted by atomic mass is 10.0. The second-order valence-corrected chi connectivity index (χ2v) is 7.61. The Kier molecular flexibility index (Phi) is 6.84. The van der Waals surface area contributed by atoms with Gasteiger partial charge in [0.15, 0.2) is 0 Å². The maximum atomic E-state index is 11.5. The largest absolute Gasteiger partial charge is 0.310 e. The van der Waals surface area contributed by atoms with Crippen LogP contribution in [-0.2, 0) is 10.0 Å². The molecule has 0 fully saturated rings. The molecule has 1 aromatic carbocycles. The van der Waals surface area contributed by atoms with Gasteiger partial charge in [0.2, 0.25) is 10.0 Å². The first-order chi connectivity index (χ1) is 9.75. The van der Waals surface area contributed by atoms with E-state index in [0.29, 0.717) is 13.1 Å². The predicted molar refractivity (Wildman–Crippen MR) is 89.0 cm³/mol. The molecule has 0 aromatic heterocycles. The van der Waals surface area contributed by atoms with Gasteiger partial charge in [0.1, 0.15) is 0 Å². The first-order valence-electron chi connectivity index (χ1n) is 7.51. The van der Waals surface area contributed by atoms with Crippen LogP contribution in [0.5, 0.6) is 0 Å². The Morgan fingerprint density at radius 3 is 2.43 bits per heavy atom. The molecule has 0 aliphatic rings. The van der Waals surface area contributed by atoms with Crippen molar-refractivity contribution in [2.75, 3.05) is 25.9 Å². The highest BCUT2D eigenvalue weighted by Gasteiger charge is 2.13. The third-order valence-electron chi connectivity index (χ3n) is 3.89. The number of rotatable bonds is 8. The molecule has 1 atom stereocenters. The van der Waals surface area contributed by atoms with Crippen LogP contribution in [0.15, 0.2) is 18.2 Å². The second kappa shape index (κ2) is 7.92. The van der Waals surface area contributed by atoms with Crippen LogP contribution in [0.4, 0.5) is 0 Å². The van der Waals surface area contributed by atoms with Crippen molar-refractivity contribution in [1.29, 1.82) is 0 Å². The lowest BCUT2D eigenvalue weighted by Crippen LogP contribution is -2.32. The summed E-state index contributed by atoms with van der Waals surface area (Å²) >= 11 is 0. The third-order valence-corrected chi connectivity index (χ3v) is 5.27. The van der Waals surface area contributed by atoms with Crippen LogP contribution < -0.4 is 5.32 Å². The molecule has 1 N–H and O–H groups in total. The number of hydrogen-bond donors (Lipinski definition) is 1. The molecule has 0 bridgehead atoms. The summed E-state index contributed by atoms with van der Waals surface area (Å²) in [6.07, 6.45) is 2.08. The molecule has 4 nitrogen and oxygen atoms in total. The van der Waals surface area contributed by atoms with E-state index in [1.165, 1.54) is 27.3 Å².